The van der Waals surface area contributed by atoms with Gasteiger partial charge in [-0.1, -0.05) is 36.0 Å². The van der Waals surface area contributed by atoms with Gasteiger partial charge in [-0.2, -0.15) is 0 Å². The minimum absolute atomic E-state index is 0.199. The zero-order valence-electron chi connectivity index (χ0n) is 15.8. The highest BCUT2D eigenvalue weighted by Crippen LogP contribution is 2.32. The summed E-state index contributed by atoms with van der Waals surface area (Å²) in [6, 6.07) is 13.9. The number of benzene rings is 2. The van der Waals surface area contributed by atoms with Crippen LogP contribution in [-0.4, -0.2) is 20.9 Å². The number of carbonyl (C=O) groups excluding carboxylic acids is 1. The minimum Gasteiger partial charge on any atom is -0.274 e. The molecule has 0 aliphatic rings. The normalized spacial score (nSPS) is 11.0. The van der Waals surface area contributed by atoms with Gasteiger partial charge in [-0.25, -0.2) is 19.3 Å². The van der Waals surface area contributed by atoms with Gasteiger partial charge in [0.05, 0.1) is 28.1 Å². The Kier molecular flexibility index (Phi) is 5.55. The van der Waals surface area contributed by atoms with Crippen LogP contribution >= 0.6 is 23.1 Å². The maximum Gasteiger partial charge on any atom is 0.230 e. The molecule has 4 rings (SSSR count). The summed E-state index contributed by atoms with van der Waals surface area (Å²) < 4.78 is 14.2. The number of aryl methyl sites for hydroxylation is 1. The Hall–Kier alpha value is -2.84. The SMILES string of the molecule is CC(=O)N(c1nc(CSc2nc3ccccc3nc2C)cs1)c1ccccc1F. The molecule has 0 bridgehead atoms. The predicted octanol–water partition coefficient (Wildman–Crippen LogP) is 5.51. The summed E-state index contributed by atoms with van der Waals surface area (Å²) in [4.78, 5) is 27.3. The van der Waals surface area contributed by atoms with Crippen molar-refractivity contribution in [2.75, 3.05) is 4.90 Å². The summed E-state index contributed by atoms with van der Waals surface area (Å²) in [5.74, 6) is -0.177. The highest BCUT2D eigenvalue weighted by molar-refractivity contribution is 7.98. The van der Waals surface area contributed by atoms with Crippen LogP contribution in [-0.2, 0) is 10.5 Å². The van der Waals surface area contributed by atoms with Gasteiger partial charge in [0.2, 0.25) is 5.91 Å². The second-order valence-electron chi connectivity index (χ2n) is 6.32. The molecule has 0 N–H and O–H groups in total. The van der Waals surface area contributed by atoms with Gasteiger partial charge in [0.25, 0.3) is 0 Å². The molecule has 0 spiro atoms. The van der Waals surface area contributed by atoms with Crippen LogP contribution < -0.4 is 4.90 Å². The van der Waals surface area contributed by atoms with Crippen LogP contribution in [0, 0.1) is 12.7 Å². The summed E-state index contributed by atoms with van der Waals surface area (Å²) in [6.45, 7) is 3.33. The van der Waals surface area contributed by atoms with Crippen molar-refractivity contribution in [1.82, 2.24) is 15.0 Å². The second kappa shape index (κ2) is 8.26. The Labute approximate surface area is 175 Å². The Balaban J connectivity index is 1.56. The first-order valence-electron chi connectivity index (χ1n) is 8.89. The molecule has 0 saturated carbocycles. The van der Waals surface area contributed by atoms with E-state index in [1.807, 2.05) is 36.6 Å². The lowest BCUT2D eigenvalue weighted by atomic mass is 10.3. The molecular weight excluding hydrogens is 407 g/mol. The van der Waals surface area contributed by atoms with Crippen molar-refractivity contribution in [1.29, 1.82) is 0 Å². The third-order valence-corrected chi connectivity index (χ3v) is 6.17. The number of nitrogens with zero attached hydrogens (tertiary/aromatic N) is 4. The average molecular weight is 425 g/mol. The first-order valence-corrected chi connectivity index (χ1v) is 10.8. The molecule has 0 atom stereocenters. The summed E-state index contributed by atoms with van der Waals surface area (Å²) in [5.41, 5.74) is 3.58. The first-order chi connectivity index (χ1) is 14.0. The molecule has 2 heterocycles. The summed E-state index contributed by atoms with van der Waals surface area (Å²) in [6.07, 6.45) is 0. The van der Waals surface area contributed by atoms with E-state index in [4.69, 9.17) is 0 Å². The van der Waals surface area contributed by atoms with E-state index in [-0.39, 0.29) is 11.6 Å². The van der Waals surface area contributed by atoms with E-state index in [0.717, 1.165) is 27.4 Å². The molecule has 0 aliphatic heterocycles. The summed E-state index contributed by atoms with van der Waals surface area (Å²) in [7, 11) is 0. The largest absolute Gasteiger partial charge is 0.274 e. The molecule has 2 aromatic carbocycles. The Bertz CT molecular complexity index is 1190. The van der Waals surface area contributed by atoms with Gasteiger partial charge in [-0.3, -0.25) is 9.69 Å². The second-order valence-corrected chi connectivity index (χ2v) is 8.12. The van der Waals surface area contributed by atoms with Crippen LogP contribution in [0.3, 0.4) is 0 Å². The Morgan fingerprint density at radius 2 is 1.76 bits per heavy atom. The smallest absolute Gasteiger partial charge is 0.230 e. The fourth-order valence-corrected chi connectivity index (χ4v) is 4.69. The van der Waals surface area contributed by atoms with Crippen LogP contribution in [0.25, 0.3) is 11.0 Å². The van der Waals surface area contributed by atoms with Crippen LogP contribution in [0.5, 0.6) is 0 Å². The lowest BCUT2D eigenvalue weighted by Crippen LogP contribution is -2.23. The average Bonchev–Trinajstić information content (AvgIpc) is 3.16. The lowest BCUT2D eigenvalue weighted by molar-refractivity contribution is -0.115. The van der Waals surface area contributed by atoms with E-state index in [1.165, 1.54) is 29.2 Å². The molecule has 5 nitrogen and oxygen atoms in total. The monoisotopic (exact) mass is 424 g/mol. The number of carbonyl (C=O) groups is 1. The zero-order valence-corrected chi connectivity index (χ0v) is 17.4. The molecule has 0 saturated heterocycles. The number of fused-ring (bicyclic) bond motifs is 1. The molecular formula is C21H17FN4OS2. The number of thiazole rings is 1. The number of aromatic nitrogens is 3. The van der Waals surface area contributed by atoms with E-state index in [9.17, 15) is 9.18 Å². The van der Waals surface area contributed by atoms with Gasteiger partial charge < -0.3 is 0 Å². The van der Waals surface area contributed by atoms with Gasteiger partial charge in [0, 0.05) is 18.1 Å². The summed E-state index contributed by atoms with van der Waals surface area (Å²) >= 11 is 2.85. The predicted molar refractivity (Wildman–Crippen MR) is 115 cm³/mol. The maximum atomic E-state index is 14.2. The number of amides is 1. The van der Waals surface area contributed by atoms with Crippen molar-refractivity contribution in [3.8, 4) is 0 Å². The van der Waals surface area contributed by atoms with E-state index >= 15 is 0 Å². The molecule has 4 aromatic rings. The number of para-hydroxylation sites is 3. The van der Waals surface area contributed by atoms with Crippen LogP contribution in [0.2, 0.25) is 0 Å². The Morgan fingerprint density at radius 3 is 2.48 bits per heavy atom. The number of hydrogen-bond acceptors (Lipinski definition) is 6. The van der Waals surface area contributed by atoms with Gasteiger partial charge in [-0.15, -0.1) is 11.3 Å². The highest BCUT2D eigenvalue weighted by atomic mass is 32.2. The lowest BCUT2D eigenvalue weighted by Gasteiger charge is -2.18. The van der Waals surface area contributed by atoms with E-state index < -0.39 is 5.82 Å². The van der Waals surface area contributed by atoms with E-state index in [0.29, 0.717) is 10.9 Å². The van der Waals surface area contributed by atoms with Gasteiger partial charge in [-0.05, 0) is 31.2 Å². The van der Waals surface area contributed by atoms with Gasteiger partial charge in [0.1, 0.15) is 10.8 Å². The fourth-order valence-electron chi connectivity index (χ4n) is 2.86. The molecule has 0 unspecified atom stereocenters. The molecule has 29 heavy (non-hydrogen) atoms. The van der Waals surface area contributed by atoms with E-state index in [1.54, 1.807) is 30.0 Å². The third-order valence-electron chi connectivity index (χ3n) is 4.20. The molecule has 2 aromatic heterocycles. The van der Waals surface area contributed by atoms with Crippen molar-refractivity contribution in [3.63, 3.8) is 0 Å². The number of hydrogen-bond donors (Lipinski definition) is 0. The standard InChI is InChI=1S/C21H17FN4OS2/c1-13-20(25-18-9-5-4-8-17(18)23-13)28-11-15-12-29-21(24-15)26(14(2)27)19-10-6-3-7-16(19)22/h3-10,12H,11H2,1-2H3. The Morgan fingerprint density at radius 1 is 1.07 bits per heavy atom. The molecule has 0 aliphatic carbocycles. The zero-order chi connectivity index (χ0) is 20.4. The quantitative estimate of drug-likeness (QED) is 0.395. The number of thioether (sulfide) groups is 1. The molecule has 0 radical (unpaired) electrons. The third kappa shape index (κ3) is 4.13. The van der Waals surface area contributed by atoms with Crippen molar-refractivity contribution in [2.24, 2.45) is 0 Å². The van der Waals surface area contributed by atoms with Crippen molar-refractivity contribution >= 4 is 50.9 Å². The number of anilines is 2. The molecule has 8 heteroatoms. The molecule has 146 valence electrons. The van der Waals surface area contributed by atoms with Crippen molar-refractivity contribution in [3.05, 3.63) is 71.1 Å². The number of halogens is 1. The fraction of sp³-hybridized carbons (Fsp3) is 0.143. The van der Waals surface area contributed by atoms with Gasteiger partial charge >= 0.3 is 0 Å². The van der Waals surface area contributed by atoms with Crippen LogP contribution in [0.1, 0.15) is 18.3 Å². The molecule has 0 fully saturated rings. The van der Waals surface area contributed by atoms with E-state index in [2.05, 4.69) is 15.0 Å². The molecule has 1 amide bonds. The van der Waals surface area contributed by atoms with Crippen LogP contribution in [0.4, 0.5) is 15.2 Å². The van der Waals surface area contributed by atoms with Crippen molar-refractivity contribution < 1.29 is 9.18 Å². The maximum absolute atomic E-state index is 14.2. The summed E-state index contributed by atoms with van der Waals surface area (Å²) in [5, 5.41) is 3.17. The van der Waals surface area contributed by atoms with Crippen molar-refractivity contribution in [2.45, 2.75) is 24.6 Å². The minimum atomic E-state index is -0.462. The van der Waals surface area contributed by atoms with Crippen LogP contribution in [0.15, 0.2) is 58.9 Å². The first kappa shape index (κ1) is 19.5. The number of rotatable bonds is 5. The highest BCUT2D eigenvalue weighted by Gasteiger charge is 2.21. The topological polar surface area (TPSA) is 59.0 Å². The van der Waals surface area contributed by atoms with Gasteiger partial charge in [0.15, 0.2) is 5.13 Å².